The molecule has 0 aliphatic carbocycles. The van der Waals surface area contributed by atoms with Crippen LogP contribution in [-0.2, 0) is 19.7 Å². The molecule has 2 aromatic rings. The number of ether oxygens (including phenoxy) is 4. The Morgan fingerprint density at radius 3 is 1.50 bits per heavy atom. The summed E-state index contributed by atoms with van der Waals surface area (Å²) < 4.78 is 20.7. The molecule has 2 aromatic carbocycles. The smallest absolute Gasteiger partial charge is 0.229 e. The van der Waals surface area contributed by atoms with E-state index >= 15 is 0 Å². The molecule has 0 amide bonds. The number of hydrogen-bond acceptors (Lipinski definition) is 5. The van der Waals surface area contributed by atoms with Crippen molar-refractivity contribution in [1.82, 2.24) is 0 Å². The van der Waals surface area contributed by atoms with E-state index in [0.717, 1.165) is 17.4 Å². The van der Waals surface area contributed by atoms with Crippen molar-refractivity contribution in [3.63, 3.8) is 0 Å². The van der Waals surface area contributed by atoms with Crippen molar-refractivity contribution >= 4 is 6.29 Å². The van der Waals surface area contributed by atoms with Crippen LogP contribution in [-0.4, -0.2) is 19.9 Å². The van der Waals surface area contributed by atoms with E-state index in [4.69, 9.17) is 18.9 Å². The number of carbonyl (C=O) groups excluding carboxylic acids is 1. The van der Waals surface area contributed by atoms with Crippen LogP contribution in [0.25, 0.3) is 0 Å². The van der Waals surface area contributed by atoms with Gasteiger partial charge in [0.05, 0.1) is 17.9 Å². The Morgan fingerprint density at radius 2 is 1.19 bits per heavy atom. The molecule has 0 radical (unpaired) electrons. The minimum atomic E-state index is -0.785. The first-order valence-corrected chi connectivity index (χ1v) is 8.02. The summed E-state index contributed by atoms with van der Waals surface area (Å²) in [6.45, 7) is 8.94. The van der Waals surface area contributed by atoms with E-state index in [1.54, 1.807) is 24.3 Å². The van der Waals surface area contributed by atoms with Gasteiger partial charge in [-0.2, -0.15) is 0 Å². The summed E-state index contributed by atoms with van der Waals surface area (Å²) in [7, 11) is 0. The molecule has 2 rings (SSSR count). The number of carbonyl (C=O) groups is 1. The highest BCUT2D eigenvalue weighted by Crippen LogP contribution is 2.32. The van der Waals surface area contributed by atoms with Crippen molar-refractivity contribution in [2.24, 2.45) is 0 Å². The highest BCUT2D eigenvalue weighted by atomic mass is 16.7. The van der Waals surface area contributed by atoms with Crippen LogP contribution < -0.4 is 9.47 Å². The third-order valence-corrected chi connectivity index (χ3v) is 3.97. The van der Waals surface area contributed by atoms with Gasteiger partial charge in [0.15, 0.2) is 0 Å². The van der Waals surface area contributed by atoms with Crippen LogP contribution in [0.15, 0.2) is 74.2 Å². The van der Waals surface area contributed by atoms with Crippen LogP contribution in [0, 0.1) is 0 Å². The Bertz CT molecular complexity index is 662. The highest BCUT2D eigenvalue weighted by Gasteiger charge is 2.28. The van der Waals surface area contributed by atoms with Gasteiger partial charge in [0, 0.05) is 0 Å². The third-order valence-electron chi connectivity index (χ3n) is 3.97. The quantitative estimate of drug-likeness (QED) is 0.262. The standard InChI is InChI=1S/C21H22O5/c1-4-23-15-25-19-10-6-17(7-11-19)21(3,14-22)18-8-12-20(13-9-18)26-16-24-5-2/h4-14H,1-2,15-16H2,3H3. The first-order chi connectivity index (χ1) is 12.6. The van der Waals surface area contributed by atoms with Crippen LogP contribution in [0.4, 0.5) is 0 Å². The van der Waals surface area contributed by atoms with Crippen LogP contribution in [0.5, 0.6) is 11.5 Å². The minimum absolute atomic E-state index is 0.0881. The van der Waals surface area contributed by atoms with Gasteiger partial charge in [-0.05, 0) is 42.3 Å². The SMILES string of the molecule is C=COCOc1ccc(C(C)(C=O)c2ccc(OCOC=C)cc2)cc1. The molecule has 0 saturated heterocycles. The maximum Gasteiger partial charge on any atom is 0.229 e. The van der Waals surface area contributed by atoms with Gasteiger partial charge < -0.3 is 23.7 Å². The Balaban J connectivity index is 2.14. The number of hydrogen-bond donors (Lipinski definition) is 0. The van der Waals surface area contributed by atoms with E-state index < -0.39 is 5.41 Å². The van der Waals surface area contributed by atoms with Crippen LogP contribution in [0.1, 0.15) is 18.1 Å². The minimum Gasteiger partial charge on any atom is -0.466 e. The molecule has 0 N–H and O–H groups in total. The van der Waals surface area contributed by atoms with Gasteiger partial charge in [-0.15, -0.1) is 0 Å². The second kappa shape index (κ2) is 9.32. The number of aldehydes is 1. The molecule has 0 heterocycles. The van der Waals surface area contributed by atoms with Gasteiger partial charge in [-0.25, -0.2) is 0 Å². The fourth-order valence-electron chi connectivity index (χ4n) is 2.40. The van der Waals surface area contributed by atoms with E-state index in [9.17, 15) is 4.79 Å². The monoisotopic (exact) mass is 354 g/mol. The predicted octanol–water partition coefficient (Wildman–Crippen LogP) is 4.18. The molecule has 26 heavy (non-hydrogen) atoms. The van der Waals surface area contributed by atoms with Gasteiger partial charge >= 0.3 is 0 Å². The van der Waals surface area contributed by atoms with Crippen molar-refractivity contribution in [3.8, 4) is 11.5 Å². The first kappa shape index (κ1) is 19.1. The van der Waals surface area contributed by atoms with E-state index in [0.29, 0.717) is 11.5 Å². The van der Waals surface area contributed by atoms with E-state index in [1.165, 1.54) is 12.5 Å². The van der Waals surface area contributed by atoms with Gasteiger partial charge in [0.2, 0.25) is 13.6 Å². The second-order valence-electron chi connectivity index (χ2n) is 5.56. The van der Waals surface area contributed by atoms with Crippen molar-refractivity contribution in [3.05, 3.63) is 85.3 Å². The Hall–Kier alpha value is -3.21. The molecule has 0 aliphatic rings. The average Bonchev–Trinajstić information content (AvgIpc) is 2.69. The van der Waals surface area contributed by atoms with Crippen LogP contribution in [0.3, 0.4) is 0 Å². The lowest BCUT2D eigenvalue weighted by Crippen LogP contribution is -2.25. The molecule has 0 aromatic heterocycles. The fraction of sp³-hybridized carbons (Fsp3) is 0.190. The molecule has 5 nitrogen and oxygen atoms in total. The molecular weight excluding hydrogens is 332 g/mol. The maximum absolute atomic E-state index is 11.9. The first-order valence-electron chi connectivity index (χ1n) is 8.02. The van der Waals surface area contributed by atoms with Crippen LogP contribution >= 0.6 is 0 Å². The van der Waals surface area contributed by atoms with Gasteiger partial charge in [0.25, 0.3) is 0 Å². The molecule has 0 saturated carbocycles. The molecule has 136 valence electrons. The van der Waals surface area contributed by atoms with E-state index in [2.05, 4.69) is 13.2 Å². The molecule has 0 unspecified atom stereocenters. The molecule has 0 atom stereocenters. The Kier molecular flexibility index (Phi) is 6.85. The number of rotatable bonds is 11. The van der Waals surface area contributed by atoms with Gasteiger partial charge in [-0.1, -0.05) is 37.4 Å². The van der Waals surface area contributed by atoms with Crippen molar-refractivity contribution in [2.45, 2.75) is 12.3 Å². The maximum atomic E-state index is 11.9. The van der Waals surface area contributed by atoms with Gasteiger partial charge in [0.1, 0.15) is 17.8 Å². The van der Waals surface area contributed by atoms with Crippen molar-refractivity contribution < 1.29 is 23.7 Å². The summed E-state index contributed by atoms with van der Waals surface area (Å²) in [6.07, 6.45) is 3.56. The zero-order valence-electron chi connectivity index (χ0n) is 14.7. The largest absolute Gasteiger partial charge is 0.466 e. The highest BCUT2D eigenvalue weighted by molar-refractivity contribution is 5.74. The normalized spacial score (nSPS) is 10.5. The number of benzene rings is 2. The molecule has 5 heteroatoms. The summed E-state index contributed by atoms with van der Waals surface area (Å²) in [5.74, 6) is 1.30. The van der Waals surface area contributed by atoms with Crippen molar-refractivity contribution in [2.75, 3.05) is 13.6 Å². The molecule has 0 bridgehead atoms. The lowest BCUT2D eigenvalue weighted by Gasteiger charge is -2.25. The lowest BCUT2D eigenvalue weighted by atomic mass is 9.77. The topological polar surface area (TPSA) is 54.0 Å². The Labute approximate surface area is 153 Å². The molecular formula is C21H22O5. The van der Waals surface area contributed by atoms with Crippen molar-refractivity contribution in [1.29, 1.82) is 0 Å². The molecule has 0 fully saturated rings. The zero-order valence-corrected chi connectivity index (χ0v) is 14.7. The van der Waals surface area contributed by atoms with Crippen LogP contribution in [0.2, 0.25) is 0 Å². The molecule has 0 spiro atoms. The zero-order chi connectivity index (χ0) is 18.8. The molecule has 0 aliphatic heterocycles. The van der Waals surface area contributed by atoms with E-state index in [1.807, 2.05) is 31.2 Å². The predicted molar refractivity (Wildman–Crippen MR) is 99.0 cm³/mol. The van der Waals surface area contributed by atoms with Gasteiger partial charge in [-0.3, -0.25) is 0 Å². The lowest BCUT2D eigenvalue weighted by molar-refractivity contribution is -0.110. The van der Waals surface area contributed by atoms with E-state index in [-0.39, 0.29) is 13.6 Å². The fourth-order valence-corrected chi connectivity index (χ4v) is 2.40. The summed E-state index contributed by atoms with van der Waals surface area (Å²) in [6, 6.07) is 14.6. The summed E-state index contributed by atoms with van der Waals surface area (Å²) in [5, 5.41) is 0. The summed E-state index contributed by atoms with van der Waals surface area (Å²) in [5.41, 5.74) is 0.924. The second-order valence-corrected chi connectivity index (χ2v) is 5.56. The Morgan fingerprint density at radius 1 is 0.808 bits per heavy atom. The summed E-state index contributed by atoms with van der Waals surface area (Å²) in [4.78, 5) is 11.9. The average molecular weight is 354 g/mol. The third kappa shape index (κ3) is 4.66. The summed E-state index contributed by atoms with van der Waals surface area (Å²) >= 11 is 0.